The molecule has 0 aliphatic heterocycles. The fourth-order valence-electron chi connectivity index (χ4n) is 1.86. The van der Waals surface area contributed by atoms with Crippen molar-refractivity contribution in [1.29, 1.82) is 0 Å². The van der Waals surface area contributed by atoms with Crippen molar-refractivity contribution < 1.29 is 24.1 Å². The van der Waals surface area contributed by atoms with Crippen LogP contribution < -0.4 is 15.2 Å². The summed E-state index contributed by atoms with van der Waals surface area (Å²) in [5, 5.41) is 10.1. The molecule has 0 aliphatic carbocycles. The van der Waals surface area contributed by atoms with Gasteiger partial charge >= 0.3 is 5.97 Å². The molecule has 6 nitrogen and oxygen atoms in total. The van der Waals surface area contributed by atoms with Gasteiger partial charge in [0.2, 0.25) is 0 Å². The Morgan fingerprint density at radius 3 is 2.47 bits per heavy atom. The summed E-state index contributed by atoms with van der Waals surface area (Å²) in [7, 11) is 4.23. The summed E-state index contributed by atoms with van der Waals surface area (Å²) < 4.78 is 14.9. The lowest BCUT2D eigenvalue weighted by Crippen LogP contribution is -2.33. The van der Waals surface area contributed by atoms with Crippen LogP contribution in [0.25, 0.3) is 0 Å². The second-order valence-electron chi connectivity index (χ2n) is 4.08. The first-order valence-electron chi connectivity index (χ1n) is 5.73. The second-order valence-corrected chi connectivity index (χ2v) is 4.08. The summed E-state index contributed by atoms with van der Waals surface area (Å²) in [6.07, 6.45) is 0.130. The molecule has 1 rings (SSSR count). The molecule has 0 radical (unpaired) electrons. The van der Waals surface area contributed by atoms with Gasteiger partial charge in [-0.1, -0.05) is 0 Å². The van der Waals surface area contributed by atoms with Gasteiger partial charge in [-0.15, -0.1) is 0 Å². The molecule has 0 aliphatic rings. The molecular weight excluding hydrogens is 250 g/mol. The maximum Gasteiger partial charge on any atom is 0.322 e. The first-order valence-corrected chi connectivity index (χ1v) is 5.73. The van der Waals surface area contributed by atoms with Gasteiger partial charge in [0.05, 0.1) is 21.3 Å². The number of ether oxygens (including phenoxy) is 3. The number of methoxy groups -OCH3 is 3. The van der Waals surface area contributed by atoms with Crippen LogP contribution >= 0.6 is 0 Å². The molecular formula is C13H19NO5. The number of esters is 1. The molecule has 0 aromatic heterocycles. The van der Waals surface area contributed by atoms with E-state index in [0.29, 0.717) is 22.6 Å². The number of aromatic hydroxyl groups is 1. The molecule has 3 N–H and O–H groups in total. The van der Waals surface area contributed by atoms with Crippen molar-refractivity contribution in [3.8, 4) is 17.2 Å². The van der Waals surface area contributed by atoms with Crippen molar-refractivity contribution in [3.05, 3.63) is 17.2 Å². The maximum atomic E-state index is 11.3. The van der Waals surface area contributed by atoms with Crippen LogP contribution in [0, 0.1) is 6.92 Å². The van der Waals surface area contributed by atoms with Gasteiger partial charge in [-0.05, 0) is 13.0 Å². The smallest absolute Gasteiger partial charge is 0.322 e. The molecule has 1 aromatic rings. The van der Waals surface area contributed by atoms with E-state index in [1.165, 1.54) is 21.3 Å². The highest BCUT2D eigenvalue weighted by Gasteiger charge is 2.21. The van der Waals surface area contributed by atoms with Gasteiger partial charge in [-0.25, -0.2) is 0 Å². The molecule has 1 unspecified atom stereocenters. The molecule has 0 fully saturated rings. The minimum atomic E-state index is -0.854. The molecule has 0 saturated carbocycles. The standard InChI is InChI=1S/C13H19NO5/c1-7-10(17-2)6-8(11(15)12(7)18-3)5-9(14)13(16)19-4/h6,9,15H,5,14H2,1-4H3. The van der Waals surface area contributed by atoms with Gasteiger partial charge in [0.1, 0.15) is 11.8 Å². The summed E-state index contributed by atoms with van der Waals surface area (Å²) in [6.45, 7) is 1.77. The molecule has 1 atom stereocenters. The highest BCUT2D eigenvalue weighted by molar-refractivity contribution is 5.76. The van der Waals surface area contributed by atoms with Crippen molar-refractivity contribution in [2.45, 2.75) is 19.4 Å². The highest BCUT2D eigenvalue weighted by Crippen LogP contribution is 2.39. The normalized spacial score (nSPS) is 11.8. The van der Waals surface area contributed by atoms with Crippen LogP contribution in [-0.2, 0) is 16.0 Å². The van der Waals surface area contributed by atoms with Gasteiger partial charge < -0.3 is 25.1 Å². The zero-order valence-corrected chi connectivity index (χ0v) is 11.5. The first-order chi connectivity index (χ1) is 8.96. The van der Waals surface area contributed by atoms with E-state index in [1.54, 1.807) is 13.0 Å². The summed E-state index contributed by atoms with van der Waals surface area (Å²) in [5.41, 5.74) is 6.83. The fraction of sp³-hybridized carbons (Fsp3) is 0.462. The summed E-state index contributed by atoms with van der Waals surface area (Å²) in [6, 6.07) is 0.781. The minimum Gasteiger partial charge on any atom is -0.504 e. The molecule has 0 bridgehead atoms. The van der Waals surface area contributed by atoms with E-state index in [1.807, 2.05) is 0 Å². The van der Waals surface area contributed by atoms with Crippen LogP contribution in [0.2, 0.25) is 0 Å². The van der Waals surface area contributed by atoms with Crippen molar-refractivity contribution in [1.82, 2.24) is 0 Å². The van der Waals surface area contributed by atoms with Crippen LogP contribution in [0.4, 0.5) is 0 Å². The van der Waals surface area contributed by atoms with Crippen molar-refractivity contribution in [2.24, 2.45) is 5.73 Å². The quantitative estimate of drug-likeness (QED) is 0.767. The maximum absolute atomic E-state index is 11.3. The highest BCUT2D eigenvalue weighted by atomic mass is 16.5. The Kier molecular flexibility index (Phi) is 5.00. The SMILES string of the molecule is COC(=O)C(N)Cc1cc(OC)c(C)c(OC)c1O. The lowest BCUT2D eigenvalue weighted by Gasteiger charge is -2.16. The summed E-state index contributed by atoms with van der Waals surface area (Å²) in [4.78, 5) is 11.3. The number of nitrogens with two attached hydrogens (primary N) is 1. The number of hydrogen-bond donors (Lipinski definition) is 2. The Morgan fingerprint density at radius 1 is 1.37 bits per heavy atom. The third kappa shape index (κ3) is 3.08. The average molecular weight is 269 g/mol. The molecule has 6 heteroatoms. The van der Waals surface area contributed by atoms with Crippen LogP contribution in [0.3, 0.4) is 0 Å². The van der Waals surface area contributed by atoms with E-state index < -0.39 is 12.0 Å². The monoisotopic (exact) mass is 269 g/mol. The van der Waals surface area contributed by atoms with Crippen molar-refractivity contribution >= 4 is 5.97 Å². The average Bonchev–Trinajstić information content (AvgIpc) is 2.41. The number of carbonyl (C=O) groups is 1. The van der Waals surface area contributed by atoms with Crippen molar-refractivity contribution in [3.63, 3.8) is 0 Å². The third-order valence-electron chi connectivity index (χ3n) is 2.90. The van der Waals surface area contributed by atoms with Gasteiger partial charge in [0.25, 0.3) is 0 Å². The number of hydrogen-bond acceptors (Lipinski definition) is 6. The zero-order valence-electron chi connectivity index (χ0n) is 11.5. The number of benzene rings is 1. The minimum absolute atomic E-state index is 0.0415. The van der Waals surface area contributed by atoms with E-state index in [9.17, 15) is 9.90 Å². The van der Waals surface area contributed by atoms with Crippen LogP contribution in [0.1, 0.15) is 11.1 Å². The van der Waals surface area contributed by atoms with Gasteiger partial charge in [-0.3, -0.25) is 4.79 Å². The van der Waals surface area contributed by atoms with E-state index in [2.05, 4.69) is 4.74 Å². The molecule has 0 heterocycles. The molecule has 0 spiro atoms. The predicted octanol–water partition coefficient (Wildman–Crippen LogP) is 0.761. The van der Waals surface area contributed by atoms with Gasteiger partial charge in [0.15, 0.2) is 11.5 Å². The molecule has 106 valence electrons. The Morgan fingerprint density at radius 2 is 2.00 bits per heavy atom. The lowest BCUT2D eigenvalue weighted by atomic mass is 10.0. The van der Waals surface area contributed by atoms with E-state index in [0.717, 1.165) is 0 Å². The molecule has 0 amide bonds. The Balaban J connectivity index is 3.17. The number of carbonyl (C=O) groups excluding carboxylic acids is 1. The predicted molar refractivity (Wildman–Crippen MR) is 69.6 cm³/mol. The Bertz CT molecular complexity index is 473. The topological polar surface area (TPSA) is 91.0 Å². The third-order valence-corrected chi connectivity index (χ3v) is 2.90. The number of rotatable bonds is 5. The van der Waals surface area contributed by atoms with E-state index >= 15 is 0 Å². The second kappa shape index (κ2) is 6.29. The lowest BCUT2D eigenvalue weighted by molar-refractivity contribution is -0.142. The van der Waals surface area contributed by atoms with Crippen LogP contribution in [0.15, 0.2) is 6.07 Å². The van der Waals surface area contributed by atoms with E-state index in [-0.39, 0.29) is 12.2 Å². The van der Waals surface area contributed by atoms with E-state index in [4.69, 9.17) is 15.2 Å². The largest absolute Gasteiger partial charge is 0.504 e. The fourth-order valence-corrected chi connectivity index (χ4v) is 1.86. The number of phenols is 1. The molecule has 19 heavy (non-hydrogen) atoms. The Labute approximate surface area is 112 Å². The zero-order chi connectivity index (χ0) is 14.6. The van der Waals surface area contributed by atoms with Gasteiger partial charge in [0, 0.05) is 17.5 Å². The summed E-state index contributed by atoms with van der Waals surface area (Å²) >= 11 is 0. The molecule has 1 aromatic carbocycles. The first kappa shape index (κ1) is 15.1. The summed E-state index contributed by atoms with van der Waals surface area (Å²) in [5.74, 6) is 0.284. The van der Waals surface area contributed by atoms with Crippen molar-refractivity contribution in [2.75, 3.05) is 21.3 Å². The van der Waals surface area contributed by atoms with Crippen LogP contribution in [0.5, 0.6) is 17.2 Å². The van der Waals surface area contributed by atoms with Gasteiger partial charge in [-0.2, -0.15) is 0 Å². The van der Waals surface area contributed by atoms with Crippen LogP contribution in [-0.4, -0.2) is 38.4 Å². The molecule has 0 saturated heterocycles. The number of phenolic OH excluding ortho intramolecular Hbond substituents is 1. The Hall–Kier alpha value is -1.95.